The van der Waals surface area contributed by atoms with Crippen molar-refractivity contribution < 1.29 is 18.7 Å². The van der Waals surface area contributed by atoms with E-state index in [1.165, 1.54) is 0 Å². The molecule has 0 saturated carbocycles. The van der Waals surface area contributed by atoms with Crippen molar-refractivity contribution >= 4 is 17.5 Å². The van der Waals surface area contributed by atoms with Gasteiger partial charge < -0.3 is 19.8 Å². The summed E-state index contributed by atoms with van der Waals surface area (Å²) in [4.78, 5) is 26.9. The lowest BCUT2D eigenvalue weighted by Crippen LogP contribution is -2.42. The van der Waals surface area contributed by atoms with E-state index in [2.05, 4.69) is 15.5 Å². The van der Waals surface area contributed by atoms with Crippen molar-refractivity contribution in [3.8, 4) is 5.75 Å². The Kier molecular flexibility index (Phi) is 5.11. The van der Waals surface area contributed by atoms with Crippen molar-refractivity contribution in [2.45, 2.75) is 31.4 Å². The molecular weight excluding hydrogens is 346 g/mol. The first-order chi connectivity index (χ1) is 13.2. The minimum atomic E-state index is -0.825. The van der Waals surface area contributed by atoms with E-state index >= 15 is 0 Å². The highest BCUT2D eigenvalue weighted by molar-refractivity contribution is 5.99. The van der Waals surface area contributed by atoms with Crippen molar-refractivity contribution in [2.75, 3.05) is 25.0 Å². The van der Waals surface area contributed by atoms with E-state index < -0.39 is 6.10 Å². The number of hydrogen-bond donors (Lipinski definition) is 2. The van der Waals surface area contributed by atoms with Crippen LogP contribution in [-0.2, 0) is 9.59 Å². The second kappa shape index (κ2) is 7.84. The lowest BCUT2D eigenvalue weighted by Gasteiger charge is -2.27. The maximum atomic E-state index is 12.4. The number of hydrogen-bond acceptors (Lipinski definition) is 5. The summed E-state index contributed by atoms with van der Waals surface area (Å²) < 4.78 is 11.3. The molecule has 2 atom stereocenters. The highest BCUT2D eigenvalue weighted by atomic mass is 16.5. The quantitative estimate of drug-likeness (QED) is 0.816. The van der Waals surface area contributed by atoms with Gasteiger partial charge >= 0.3 is 0 Å². The molecule has 2 aromatic rings. The standard InChI is InChI=1S/C20H23N3O4/c24-19(12-18-20(25)22-14-6-1-2-7-16(14)27-18)21-13-15(17-8-5-11-26-17)23-9-3-4-10-23/h1-2,5-8,11,15,18H,3-4,9-10,12-13H2,(H,21,24)(H,22,25)/t15-,18-/m0/s1. The van der Waals surface area contributed by atoms with Crippen molar-refractivity contribution in [1.82, 2.24) is 10.2 Å². The predicted octanol–water partition coefficient (Wildman–Crippen LogP) is 2.32. The first-order valence-corrected chi connectivity index (χ1v) is 9.31. The molecular formula is C20H23N3O4. The summed E-state index contributed by atoms with van der Waals surface area (Å²) in [5.74, 6) is 0.912. The summed E-state index contributed by atoms with van der Waals surface area (Å²) in [6, 6.07) is 11.0. The van der Waals surface area contributed by atoms with Crippen LogP contribution in [0.2, 0.25) is 0 Å². The molecule has 7 heteroatoms. The SMILES string of the molecule is O=C(C[C@@H]1Oc2ccccc2NC1=O)NC[C@@H](c1ccco1)N1CCCC1. The number of amides is 2. The molecule has 2 amide bonds. The van der Waals surface area contributed by atoms with Crippen LogP contribution in [-0.4, -0.2) is 42.5 Å². The molecule has 1 aromatic carbocycles. The Hall–Kier alpha value is -2.80. The zero-order valence-electron chi connectivity index (χ0n) is 15.0. The van der Waals surface area contributed by atoms with Gasteiger partial charge in [-0.05, 0) is 50.2 Å². The van der Waals surface area contributed by atoms with E-state index in [-0.39, 0.29) is 24.3 Å². The van der Waals surface area contributed by atoms with Crippen LogP contribution in [0.1, 0.15) is 31.1 Å². The van der Waals surface area contributed by atoms with E-state index in [1.807, 2.05) is 24.3 Å². The van der Waals surface area contributed by atoms with Gasteiger partial charge in [0, 0.05) is 6.54 Å². The van der Waals surface area contributed by atoms with Gasteiger partial charge in [-0.15, -0.1) is 0 Å². The fourth-order valence-corrected chi connectivity index (χ4v) is 3.62. The number of fused-ring (bicyclic) bond motifs is 1. The zero-order valence-corrected chi connectivity index (χ0v) is 15.0. The van der Waals surface area contributed by atoms with E-state index in [4.69, 9.17) is 9.15 Å². The molecule has 142 valence electrons. The molecule has 4 rings (SSSR count). The molecule has 0 unspecified atom stereocenters. The smallest absolute Gasteiger partial charge is 0.266 e. The fourth-order valence-electron chi connectivity index (χ4n) is 3.62. The molecule has 0 bridgehead atoms. The largest absolute Gasteiger partial charge is 0.478 e. The number of nitrogens with zero attached hydrogens (tertiary/aromatic N) is 1. The Balaban J connectivity index is 1.35. The van der Waals surface area contributed by atoms with Gasteiger partial charge in [-0.1, -0.05) is 12.1 Å². The molecule has 0 aliphatic carbocycles. The number of anilines is 1. The number of carbonyl (C=O) groups excluding carboxylic acids is 2. The van der Waals surface area contributed by atoms with Gasteiger partial charge in [0.1, 0.15) is 11.5 Å². The van der Waals surface area contributed by atoms with Crippen LogP contribution in [0.3, 0.4) is 0 Å². The van der Waals surface area contributed by atoms with Crippen LogP contribution in [0.4, 0.5) is 5.69 Å². The summed E-state index contributed by atoms with van der Waals surface area (Å²) in [6.45, 7) is 2.43. The number of para-hydroxylation sites is 2. The van der Waals surface area contributed by atoms with E-state index in [0.717, 1.165) is 31.7 Å². The monoisotopic (exact) mass is 369 g/mol. The summed E-state index contributed by atoms with van der Waals surface area (Å²) in [7, 11) is 0. The minimum Gasteiger partial charge on any atom is -0.478 e. The maximum absolute atomic E-state index is 12.4. The third-order valence-electron chi connectivity index (χ3n) is 5.02. The number of furan rings is 1. The Morgan fingerprint density at radius 3 is 2.81 bits per heavy atom. The molecule has 27 heavy (non-hydrogen) atoms. The van der Waals surface area contributed by atoms with E-state index in [9.17, 15) is 9.59 Å². The molecule has 2 aliphatic rings. The molecule has 2 aliphatic heterocycles. The van der Waals surface area contributed by atoms with Crippen molar-refractivity contribution in [1.29, 1.82) is 0 Å². The average Bonchev–Trinajstić information content (AvgIpc) is 3.37. The highest BCUT2D eigenvalue weighted by Gasteiger charge is 2.31. The summed E-state index contributed by atoms with van der Waals surface area (Å²) in [5, 5.41) is 5.72. The third-order valence-corrected chi connectivity index (χ3v) is 5.02. The number of benzene rings is 1. The Bertz CT molecular complexity index is 799. The van der Waals surface area contributed by atoms with Crippen LogP contribution in [0.15, 0.2) is 47.1 Å². The molecule has 3 heterocycles. The predicted molar refractivity (Wildman–Crippen MR) is 99.4 cm³/mol. The van der Waals surface area contributed by atoms with Crippen LogP contribution in [0.25, 0.3) is 0 Å². The van der Waals surface area contributed by atoms with Gasteiger partial charge in [-0.3, -0.25) is 14.5 Å². The number of ether oxygens (including phenoxy) is 1. The Labute approximate surface area is 157 Å². The molecule has 0 spiro atoms. The first kappa shape index (κ1) is 17.6. The van der Waals surface area contributed by atoms with Gasteiger partial charge in [0.05, 0.1) is 24.4 Å². The van der Waals surface area contributed by atoms with Gasteiger partial charge in [0.15, 0.2) is 6.10 Å². The molecule has 7 nitrogen and oxygen atoms in total. The molecule has 1 fully saturated rings. The lowest BCUT2D eigenvalue weighted by molar-refractivity contribution is -0.130. The average molecular weight is 369 g/mol. The highest BCUT2D eigenvalue weighted by Crippen LogP contribution is 2.29. The molecule has 1 saturated heterocycles. The maximum Gasteiger partial charge on any atom is 0.266 e. The first-order valence-electron chi connectivity index (χ1n) is 9.31. The molecule has 1 aromatic heterocycles. The normalized spacial score (nSPS) is 20.4. The topological polar surface area (TPSA) is 83.8 Å². The van der Waals surface area contributed by atoms with Gasteiger partial charge in [-0.2, -0.15) is 0 Å². The van der Waals surface area contributed by atoms with Crippen LogP contribution >= 0.6 is 0 Å². The number of carbonyl (C=O) groups is 2. The Morgan fingerprint density at radius 2 is 2.04 bits per heavy atom. The summed E-state index contributed by atoms with van der Waals surface area (Å²) >= 11 is 0. The Morgan fingerprint density at radius 1 is 1.22 bits per heavy atom. The van der Waals surface area contributed by atoms with Crippen molar-refractivity contribution in [2.24, 2.45) is 0 Å². The van der Waals surface area contributed by atoms with Crippen molar-refractivity contribution in [3.05, 3.63) is 48.4 Å². The second-order valence-corrected chi connectivity index (χ2v) is 6.87. The fraction of sp³-hybridized carbons (Fsp3) is 0.400. The zero-order chi connectivity index (χ0) is 18.6. The molecule has 2 N–H and O–H groups in total. The number of likely N-dealkylation sites (tertiary alicyclic amines) is 1. The third kappa shape index (κ3) is 3.98. The minimum absolute atomic E-state index is 0.00766. The summed E-state index contributed by atoms with van der Waals surface area (Å²) in [5.41, 5.74) is 0.631. The molecule has 0 radical (unpaired) electrons. The van der Waals surface area contributed by atoms with E-state index in [1.54, 1.807) is 18.4 Å². The van der Waals surface area contributed by atoms with Crippen LogP contribution in [0.5, 0.6) is 5.75 Å². The second-order valence-electron chi connectivity index (χ2n) is 6.87. The van der Waals surface area contributed by atoms with Crippen molar-refractivity contribution in [3.63, 3.8) is 0 Å². The van der Waals surface area contributed by atoms with E-state index in [0.29, 0.717) is 18.0 Å². The van der Waals surface area contributed by atoms with Gasteiger partial charge in [0.2, 0.25) is 5.91 Å². The number of nitrogens with one attached hydrogen (secondary N) is 2. The van der Waals surface area contributed by atoms with Gasteiger partial charge in [-0.25, -0.2) is 0 Å². The van der Waals surface area contributed by atoms with Gasteiger partial charge in [0.25, 0.3) is 5.91 Å². The summed E-state index contributed by atoms with van der Waals surface area (Å²) in [6.07, 6.45) is 3.11. The van der Waals surface area contributed by atoms with Crippen LogP contribution < -0.4 is 15.4 Å². The van der Waals surface area contributed by atoms with Crippen LogP contribution in [0, 0.1) is 0 Å². The number of rotatable bonds is 6. The lowest BCUT2D eigenvalue weighted by atomic mass is 10.1.